The van der Waals surface area contributed by atoms with Crippen LogP contribution in [0.2, 0.25) is 0 Å². The van der Waals surface area contributed by atoms with E-state index in [1.165, 1.54) is 12.2 Å². The fraction of sp³-hybridized carbons (Fsp3) is 0.286. The smallest absolute Gasteiger partial charge is 0.334 e. The molecule has 0 saturated carbocycles. The number of hydrogen-bond acceptors (Lipinski definition) is 3. The lowest BCUT2D eigenvalue weighted by molar-refractivity contribution is -0.134. The van der Waals surface area contributed by atoms with Gasteiger partial charge < -0.3 is 15.3 Å². The van der Waals surface area contributed by atoms with Crippen LogP contribution in [-0.4, -0.2) is 33.5 Å². The molecule has 0 saturated heterocycles. The summed E-state index contributed by atoms with van der Waals surface area (Å²) in [4.78, 5) is 10.4. The first-order valence-corrected chi connectivity index (χ1v) is 4.00. The highest BCUT2D eigenvalue weighted by molar-refractivity contribution is 9.11. The van der Waals surface area contributed by atoms with Gasteiger partial charge in [0.15, 0.2) is 0 Å². The van der Waals surface area contributed by atoms with Crippen LogP contribution in [0, 0.1) is 0 Å². The van der Waals surface area contributed by atoms with Crippen molar-refractivity contribution >= 4 is 21.9 Å². The number of halogens is 1. The van der Waals surface area contributed by atoms with E-state index in [0.29, 0.717) is 4.48 Å². The number of aliphatic hydroxyl groups excluding tert-OH is 2. The summed E-state index contributed by atoms with van der Waals surface area (Å²) >= 11 is 2.98. The minimum absolute atomic E-state index is 0.203. The van der Waals surface area contributed by atoms with Crippen LogP contribution < -0.4 is 0 Å². The summed E-state index contributed by atoms with van der Waals surface area (Å²) in [6, 6.07) is 0. The Kier molecular flexibility index (Phi) is 2.66. The Balaban J connectivity index is 2.97. The van der Waals surface area contributed by atoms with Crippen molar-refractivity contribution in [2.75, 3.05) is 0 Å². The molecule has 66 valence electrons. The van der Waals surface area contributed by atoms with Crippen LogP contribution in [0.5, 0.6) is 0 Å². The predicted molar refractivity (Wildman–Crippen MR) is 44.7 cm³/mol. The normalized spacial score (nSPS) is 29.2. The third-order valence-electron chi connectivity index (χ3n) is 1.57. The van der Waals surface area contributed by atoms with E-state index in [9.17, 15) is 15.0 Å². The van der Waals surface area contributed by atoms with Gasteiger partial charge in [0.2, 0.25) is 0 Å². The van der Waals surface area contributed by atoms with Crippen molar-refractivity contribution in [1.82, 2.24) is 0 Å². The molecule has 4 nitrogen and oxygen atoms in total. The van der Waals surface area contributed by atoms with Crippen LogP contribution >= 0.6 is 15.9 Å². The molecule has 12 heavy (non-hydrogen) atoms. The average Bonchev–Trinajstić information content (AvgIpc) is 2.00. The molecule has 0 amide bonds. The van der Waals surface area contributed by atoms with Gasteiger partial charge in [0.05, 0.1) is 5.57 Å². The molecule has 1 aliphatic rings. The number of carboxylic acid groups (broad SMARTS) is 1. The molecular formula is C7H7BrO4. The quantitative estimate of drug-likeness (QED) is 0.598. The highest BCUT2D eigenvalue weighted by Crippen LogP contribution is 2.23. The third kappa shape index (κ3) is 1.57. The SMILES string of the molecule is O=C(O)C1=CC=C(Br)C(O)C1O. The fourth-order valence-corrected chi connectivity index (χ4v) is 1.27. The molecule has 0 heterocycles. The monoisotopic (exact) mass is 234 g/mol. The van der Waals surface area contributed by atoms with Crippen molar-refractivity contribution in [3.8, 4) is 0 Å². The summed E-state index contributed by atoms with van der Waals surface area (Å²) in [6.07, 6.45) is 0.118. The van der Waals surface area contributed by atoms with Crippen LogP contribution in [0.25, 0.3) is 0 Å². The zero-order valence-electron chi connectivity index (χ0n) is 5.94. The summed E-state index contributed by atoms with van der Waals surface area (Å²) in [7, 11) is 0. The van der Waals surface area contributed by atoms with E-state index in [1.807, 2.05) is 0 Å². The topological polar surface area (TPSA) is 77.8 Å². The molecule has 0 aromatic carbocycles. The van der Waals surface area contributed by atoms with E-state index in [1.54, 1.807) is 0 Å². The lowest BCUT2D eigenvalue weighted by Gasteiger charge is -2.20. The predicted octanol–water partition coefficient (Wildman–Crippen LogP) is 0.0116. The summed E-state index contributed by atoms with van der Waals surface area (Å²) in [5.41, 5.74) is -0.203. The Morgan fingerprint density at radius 1 is 1.33 bits per heavy atom. The molecule has 0 spiro atoms. The van der Waals surface area contributed by atoms with Gasteiger partial charge in [-0.15, -0.1) is 0 Å². The third-order valence-corrected chi connectivity index (χ3v) is 2.30. The van der Waals surface area contributed by atoms with Crippen LogP contribution in [0.3, 0.4) is 0 Å². The van der Waals surface area contributed by atoms with Crippen molar-refractivity contribution < 1.29 is 20.1 Å². The summed E-state index contributed by atoms with van der Waals surface area (Å²) in [5.74, 6) is -1.22. The minimum Gasteiger partial charge on any atom is -0.478 e. The molecule has 2 unspecified atom stereocenters. The highest BCUT2D eigenvalue weighted by atomic mass is 79.9. The van der Waals surface area contributed by atoms with Crippen molar-refractivity contribution in [1.29, 1.82) is 0 Å². The zero-order chi connectivity index (χ0) is 9.30. The molecule has 0 aliphatic heterocycles. The van der Waals surface area contributed by atoms with E-state index in [4.69, 9.17) is 5.11 Å². The molecule has 0 radical (unpaired) electrons. The summed E-state index contributed by atoms with van der Waals surface area (Å²) in [6.45, 7) is 0. The lowest BCUT2D eigenvalue weighted by Crippen LogP contribution is -2.33. The molecule has 2 atom stereocenters. The maximum atomic E-state index is 10.4. The van der Waals surface area contributed by atoms with Crippen molar-refractivity contribution in [2.45, 2.75) is 12.2 Å². The molecule has 0 aromatic rings. The minimum atomic E-state index is -1.36. The maximum absolute atomic E-state index is 10.4. The van der Waals surface area contributed by atoms with Crippen LogP contribution in [0.4, 0.5) is 0 Å². The maximum Gasteiger partial charge on any atom is 0.334 e. The first-order chi connectivity index (χ1) is 5.54. The summed E-state index contributed by atoms with van der Waals surface area (Å²) in [5, 5.41) is 26.9. The van der Waals surface area contributed by atoms with Gasteiger partial charge >= 0.3 is 5.97 Å². The van der Waals surface area contributed by atoms with Crippen molar-refractivity contribution in [2.24, 2.45) is 0 Å². The number of hydrogen-bond donors (Lipinski definition) is 3. The van der Waals surface area contributed by atoms with Gasteiger partial charge in [-0.3, -0.25) is 0 Å². The zero-order valence-corrected chi connectivity index (χ0v) is 7.52. The van der Waals surface area contributed by atoms with Crippen LogP contribution in [0.15, 0.2) is 22.2 Å². The number of carboxylic acids is 1. The van der Waals surface area contributed by atoms with Gasteiger partial charge in [-0.1, -0.05) is 15.9 Å². The second-order valence-electron chi connectivity index (χ2n) is 2.37. The first kappa shape index (κ1) is 9.44. The van der Waals surface area contributed by atoms with Crippen LogP contribution in [-0.2, 0) is 4.79 Å². The van der Waals surface area contributed by atoms with Crippen molar-refractivity contribution in [3.05, 3.63) is 22.2 Å². The van der Waals surface area contributed by atoms with Gasteiger partial charge in [0, 0.05) is 4.48 Å². The molecule has 5 heteroatoms. The molecule has 1 rings (SSSR count). The van der Waals surface area contributed by atoms with E-state index < -0.39 is 18.2 Å². The Hall–Kier alpha value is -0.650. The van der Waals surface area contributed by atoms with Gasteiger partial charge in [0.1, 0.15) is 12.2 Å². The van der Waals surface area contributed by atoms with Gasteiger partial charge in [-0.05, 0) is 12.2 Å². The fourth-order valence-electron chi connectivity index (χ4n) is 0.885. The molecule has 0 fully saturated rings. The number of aliphatic hydroxyl groups is 2. The molecule has 0 aromatic heterocycles. The number of allylic oxidation sites excluding steroid dienone is 2. The molecule has 1 aliphatic carbocycles. The first-order valence-electron chi connectivity index (χ1n) is 3.20. The van der Waals surface area contributed by atoms with Gasteiger partial charge in [-0.2, -0.15) is 0 Å². The average molecular weight is 235 g/mol. The Labute approximate surface area is 77.0 Å². The van der Waals surface area contributed by atoms with Gasteiger partial charge in [0.25, 0.3) is 0 Å². The lowest BCUT2D eigenvalue weighted by atomic mass is 9.99. The van der Waals surface area contributed by atoms with Gasteiger partial charge in [-0.25, -0.2) is 4.79 Å². The number of carbonyl (C=O) groups is 1. The van der Waals surface area contributed by atoms with E-state index >= 15 is 0 Å². The van der Waals surface area contributed by atoms with E-state index in [-0.39, 0.29) is 5.57 Å². The van der Waals surface area contributed by atoms with Crippen LogP contribution in [0.1, 0.15) is 0 Å². The van der Waals surface area contributed by atoms with Crippen molar-refractivity contribution in [3.63, 3.8) is 0 Å². The Bertz CT molecular complexity index is 269. The standard InChI is InChI=1S/C7H7BrO4/c8-4-2-1-3(7(11)12)5(9)6(4)10/h1-2,5-6,9-10H,(H,11,12). The molecule has 3 N–H and O–H groups in total. The highest BCUT2D eigenvalue weighted by Gasteiger charge is 2.29. The number of aliphatic carboxylic acids is 1. The number of rotatable bonds is 1. The Morgan fingerprint density at radius 3 is 2.42 bits per heavy atom. The van der Waals surface area contributed by atoms with E-state index in [2.05, 4.69) is 15.9 Å². The largest absolute Gasteiger partial charge is 0.478 e. The Morgan fingerprint density at radius 2 is 1.92 bits per heavy atom. The molecule has 0 bridgehead atoms. The second kappa shape index (κ2) is 3.38. The summed E-state index contributed by atoms with van der Waals surface area (Å²) < 4.78 is 0.375. The van der Waals surface area contributed by atoms with E-state index in [0.717, 1.165) is 0 Å². The second-order valence-corrected chi connectivity index (χ2v) is 3.28. The molecular weight excluding hydrogens is 228 g/mol.